The molecule has 0 fully saturated rings. The van der Waals surface area contributed by atoms with Crippen LogP contribution in [-0.2, 0) is 12.4 Å². The van der Waals surface area contributed by atoms with Gasteiger partial charge in [-0.15, -0.1) is 0 Å². The molecule has 0 unspecified atom stereocenters. The Hall–Kier alpha value is -3.04. The summed E-state index contributed by atoms with van der Waals surface area (Å²) in [5.41, 5.74) is -4.38. The fraction of sp³-hybridized carbons (Fsp3) is 0.263. The number of halogens is 6. The van der Waals surface area contributed by atoms with Crippen molar-refractivity contribution < 1.29 is 41.0 Å². The molecule has 0 aliphatic carbocycles. The van der Waals surface area contributed by atoms with E-state index in [4.69, 9.17) is 0 Å². The lowest BCUT2D eigenvalue weighted by atomic mass is 9.98. The van der Waals surface area contributed by atoms with E-state index in [1.165, 1.54) is 6.07 Å². The molecule has 0 radical (unpaired) electrons. The number of aromatic hydroxyl groups is 1. The number of hydrogen-bond donors (Lipinski definition) is 2. The number of anilines is 1. The van der Waals surface area contributed by atoms with Gasteiger partial charge in [-0.3, -0.25) is 9.59 Å². The molecule has 0 spiro atoms. The van der Waals surface area contributed by atoms with Gasteiger partial charge in [-0.1, -0.05) is 13.8 Å². The SMILES string of the molecule is CC(C)C(=O)c1ccc(O)c(C(=O)Nc2cc(C(F)(F)F)cc(C(F)(F)F)c2)c1. The Balaban J connectivity index is 2.45. The topological polar surface area (TPSA) is 66.4 Å². The van der Waals surface area contributed by atoms with Gasteiger partial charge in [-0.2, -0.15) is 26.3 Å². The maximum absolute atomic E-state index is 12.9. The molecule has 1 amide bonds. The first-order valence-electron chi connectivity index (χ1n) is 8.18. The molecule has 0 atom stereocenters. The summed E-state index contributed by atoms with van der Waals surface area (Å²) in [5.74, 6) is -2.56. The van der Waals surface area contributed by atoms with Crippen LogP contribution in [0, 0.1) is 5.92 Å². The van der Waals surface area contributed by atoms with Gasteiger partial charge < -0.3 is 10.4 Å². The van der Waals surface area contributed by atoms with E-state index in [-0.39, 0.29) is 17.4 Å². The first-order chi connectivity index (χ1) is 13.2. The van der Waals surface area contributed by atoms with Crippen LogP contribution in [0.4, 0.5) is 32.0 Å². The number of rotatable bonds is 4. The van der Waals surface area contributed by atoms with Crippen molar-refractivity contribution in [2.24, 2.45) is 5.92 Å². The van der Waals surface area contributed by atoms with Crippen LogP contribution in [0.2, 0.25) is 0 Å². The quantitative estimate of drug-likeness (QED) is 0.507. The van der Waals surface area contributed by atoms with Crippen molar-refractivity contribution in [2.45, 2.75) is 26.2 Å². The highest BCUT2D eigenvalue weighted by molar-refractivity contribution is 6.08. The van der Waals surface area contributed by atoms with E-state index in [1.54, 1.807) is 13.8 Å². The number of phenols is 1. The number of nitrogens with one attached hydrogen (secondary N) is 1. The van der Waals surface area contributed by atoms with Crippen LogP contribution in [-0.4, -0.2) is 16.8 Å². The molecule has 0 aromatic heterocycles. The largest absolute Gasteiger partial charge is 0.507 e. The van der Waals surface area contributed by atoms with E-state index in [9.17, 15) is 41.0 Å². The molecule has 0 aliphatic rings. The third-order valence-electron chi connectivity index (χ3n) is 3.90. The van der Waals surface area contributed by atoms with Crippen molar-refractivity contribution in [1.29, 1.82) is 0 Å². The first-order valence-corrected chi connectivity index (χ1v) is 8.18. The molecule has 10 heteroatoms. The molecule has 4 nitrogen and oxygen atoms in total. The Kier molecular flexibility index (Phi) is 5.96. The third kappa shape index (κ3) is 5.27. The Labute approximate surface area is 161 Å². The predicted molar refractivity (Wildman–Crippen MR) is 91.7 cm³/mol. The zero-order valence-electron chi connectivity index (χ0n) is 15.1. The van der Waals surface area contributed by atoms with E-state index in [0.717, 1.165) is 12.1 Å². The first kappa shape index (κ1) is 22.3. The van der Waals surface area contributed by atoms with Crippen molar-refractivity contribution in [2.75, 3.05) is 5.32 Å². The van der Waals surface area contributed by atoms with Crippen molar-refractivity contribution in [3.63, 3.8) is 0 Å². The zero-order valence-corrected chi connectivity index (χ0v) is 15.1. The molecule has 0 saturated heterocycles. The number of ketones is 1. The van der Waals surface area contributed by atoms with E-state index in [2.05, 4.69) is 0 Å². The average molecular weight is 419 g/mol. The number of hydrogen-bond acceptors (Lipinski definition) is 3. The highest BCUT2D eigenvalue weighted by atomic mass is 19.4. The van der Waals surface area contributed by atoms with Crippen molar-refractivity contribution in [1.82, 2.24) is 0 Å². The Morgan fingerprint density at radius 1 is 0.897 bits per heavy atom. The minimum atomic E-state index is -5.08. The number of Topliss-reactive ketones (excluding diaryl/α,β-unsaturated/α-hetero) is 1. The summed E-state index contributed by atoms with van der Waals surface area (Å²) < 4.78 is 77.5. The van der Waals surface area contributed by atoms with Gasteiger partial charge in [0.2, 0.25) is 0 Å². The maximum Gasteiger partial charge on any atom is 0.416 e. The highest BCUT2D eigenvalue weighted by Gasteiger charge is 2.37. The second-order valence-electron chi connectivity index (χ2n) is 6.50. The Morgan fingerprint density at radius 2 is 1.41 bits per heavy atom. The minimum absolute atomic E-state index is 0.0583. The highest BCUT2D eigenvalue weighted by Crippen LogP contribution is 2.37. The Bertz CT molecular complexity index is 916. The number of phenolic OH excluding ortho intramolecular Hbond substituents is 1. The molecule has 0 bridgehead atoms. The van der Waals surface area contributed by atoms with Crippen LogP contribution in [0.15, 0.2) is 36.4 Å². The molecule has 2 aromatic carbocycles. The molecule has 2 aromatic rings. The monoisotopic (exact) mass is 419 g/mol. The normalized spacial score (nSPS) is 12.2. The van der Waals surface area contributed by atoms with E-state index in [1.807, 2.05) is 5.32 Å². The Morgan fingerprint density at radius 3 is 1.86 bits per heavy atom. The summed E-state index contributed by atoms with van der Waals surface area (Å²) in [7, 11) is 0. The molecule has 156 valence electrons. The van der Waals surface area contributed by atoms with Gasteiger partial charge in [0.1, 0.15) is 5.75 Å². The minimum Gasteiger partial charge on any atom is -0.507 e. The van der Waals surface area contributed by atoms with Gasteiger partial charge in [0.25, 0.3) is 5.91 Å². The number of alkyl halides is 6. The lowest BCUT2D eigenvalue weighted by Gasteiger charge is -2.15. The van der Waals surface area contributed by atoms with Gasteiger partial charge in [-0.05, 0) is 36.4 Å². The fourth-order valence-electron chi connectivity index (χ4n) is 2.43. The summed E-state index contributed by atoms with van der Waals surface area (Å²) in [6.07, 6.45) is -10.2. The second-order valence-corrected chi connectivity index (χ2v) is 6.50. The second kappa shape index (κ2) is 7.76. The molecule has 2 rings (SSSR count). The summed E-state index contributed by atoms with van der Waals surface area (Å²) in [6.45, 7) is 3.19. The molecule has 0 heterocycles. The van der Waals surface area contributed by atoms with Gasteiger partial charge in [0.05, 0.1) is 16.7 Å². The van der Waals surface area contributed by atoms with Crippen molar-refractivity contribution in [3.05, 3.63) is 58.7 Å². The van der Waals surface area contributed by atoms with Crippen LogP contribution < -0.4 is 5.32 Å². The molecule has 0 aliphatic heterocycles. The number of carbonyl (C=O) groups excluding carboxylic acids is 2. The van der Waals surface area contributed by atoms with Crippen LogP contribution in [0.3, 0.4) is 0 Å². The van der Waals surface area contributed by atoms with Gasteiger partial charge in [0.15, 0.2) is 5.78 Å². The third-order valence-corrected chi connectivity index (χ3v) is 3.90. The van der Waals surface area contributed by atoms with Crippen LogP contribution >= 0.6 is 0 Å². The van der Waals surface area contributed by atoms with Gasteiger partial charge in [-0.25, -0.2) is 0 Å². The molecule has 2 N–H and O–H groups in total. The molecular formula is C19H15F6NO3. The number of carbonyl (C=O) groups is 2. The van der Waals surface area contributed by atoms with Crippen LogP contribution in [0.5, 0.6) is 5.75 Å². The van der Waals surface area contributed by atoms with Gasteiger partial charge in [0, 0.05) is 17.2 Å². The maximum atomic E-state index is 12.9. The van der Waals surface area contributed by atoms with E-state index < -0.39 is 52.3 Å². The summed E-state index contributed by atoms with van der Waals surface area (Å²) in [5, 5.41) is 11.7. The van der Waals surface area contributed by atoms with E-state index in [0.29, 0.717) is 12.1 Å². The van der Waals surface area contributed by atoms with Gasteiger partial charge >= 0.3 is 12.4 Å². The van der Waals surface area contributed by atoms with Crippen LogP contribution in [0.25, 0.3) is 0 Å². The molecule has 29 heavy (non-hydrogen) atoms. The average Bonchev–Trinajstić information content (AvgIpc) is 2.59. The number of amides is 1. The fourth-order valence-corrected chi connectivity index (χ4v) is 2.43. The van der Waals surface area contributed by atoms with Crippen LogP contribution in [0.1, 0.15) is 45.7 Å². The summed E-state index contributed by atoms with van der Waals surface area (Å²) in [6, 6.07) is 3.92. The smallest absolute Gasteiger partial charge is 0.416 e. The lowest BCUT2D eigenvalue weighted by Crippen LogP contribution is -2.17. The lowest BCUT2D eigenvalue weighted by molar-refractivity contribution is -0.143. The standard InChI is InChI=1S/C19H15F6NO3/c1-9(2)16(28)10-3-4-15(27)14(5-10)17(29)26-13-7-11(18(20,21)22)6-12(8-13)19(23,24)25/h3-9,27H,1-2H3,(H,26,29). The van der Waals surface area contributed by atoms with Crippen molar-refractivity contribution >= 4 is 17.4 Å². The zero-order chi connectivity index (χ0) is 22.1. The molecular weight excluding hydrogens is 404 g/mol. The van der Waals surface area contributed by atoms with E-state index >= 15 is 0 Å². The molecule has 0 saturated carbocycles. The predicted octanol–water partition coefficient (Wildman–Crippen LogP) is 5.52. The van der Waals surface area contributed by atoms with Crippen molar-refractivity contribution in [3.8, 4) is 5.75 Å². The summed E-state index contributed by atoms with van der Waals surface area (Å²) >= 11 is 0. The number of benzene rings is 2. The summed E-state index contributed by atoms with van der Waals surface area (Å²) in [4.78, 5) is 24.4.